The first-order valence-electron chi connectivity index (χ1n) is 9.28. The number of halogens is 1. The molecule has 1 N–H and O–H groups in total. The Bertz CT molecular complexity index is 1120. The Kier molecular flexibility index (Phi) is 5.50. The maximum absolute atomic E-state index is 13.4. The molecule has 0 unspecified atom stereocenters. The summed E-state index contributed by atoms with van der Waals surface area (Å²) in [4.78, 5) is 40.0. The predicted molar refractivity (Wildman–Crippen MR) is 114 cm³/mol. The summed E-state index contributed by atoms with van der Waals surface area (Å²) in [6.45, 7) is 0. The lowest BCUT2D eigenvalue weighted by molar-refractivity contribution is -0.138. The van der Waals surface area contributed by atoms with Crippen molar-refractivity contribution in [1.82, 2.24) is 0 Å². The summed E-state index contributed by atoms with van der Waals surface area (Å²) in [6, 6.07) is 21.0. The first-order chi connectivity index (χ1) is 14.5. The van der Waals surface area contributed by atoms with Crippen molar-refractivity contribution in [2.75, 3.05) is 10.2 Å². The number of nitrogens with zero attached hydrogens (tertiary/aromatic N) is 1. The molecule has 0 spiro atoms. The van der Waals surface area contributed by atoms with E-state index in [-0.39, 0.29) is 22.8 Å². The lowest BCUT2D eigenvalue weighted by Gasteiger charge is -2.35. The number of nitrogens with one attached hydrogen (secondary N) is 1. The van der Waals surface area contributed by atoms with Crippen molar-refractivity contribution in [2.45, 2.75) is 12.5 Å². The lowest BCUT2D eigenvalue weighted by atomic mass is 10.0. The summed E-state index contributed by atoms with van der Waals surface area (Å²) < 4.78 is 5.40. The molecule has 3 aromatic rings. The predicted octanol–water partition coefficient (Wildman–Crippen LogP) is 4.30. The van der Waals surface area contributed by atoms with Gasteiger partial charge in [-0.15, -0.1) is 0 Å². The van der Waals surface area contributed by atoms with Crippen LogP contribution in [0.4, 0.5) is 11.4 Å². The van der Waals surface area contributed by atoms with Crippen LogP contribution in [-0.4, -0.2) is 23.8 Å². The van der Waals surface area contributed by atoms with E-state index in [9.17, 15) is 14.4 Å². The maximum atomic E-state index is 13.4. The third-order valence-electron chi connectivity index (χ3n) is 4.68. The van der Waals surface area contributed by atoms with Crippen LogP contribution < -0.4 is 15.0 Å². The minimum atomic E-state index is -1.13. The Morgan fingerprint density at radius 3 is 2.37 bits per heavy atom. The van der Waals surface area contributed by atoms with E-state index in [1.165, 1.54) is 4.90 Å². The molecule has 0 aromatic heterocycles. The van der Waals surface area contributed by atoms with Crippen molar-refractivity contribution in [2.24, 2.45) is 0 Å². The minimum absolute atomic E-state index is 0.233. The number of carbonyl (C=O) groups is 3. The molecule has 1 atom stereocenters. The Balaban J connectivity index is 1.68. The maximum Gasteiger partial charge on any atom is 0.335 e. The molecule has 2 amide bonds. The standard InChI is InChI=1S/C23H17ClN2O4/c24-17-11-5-4-10-16(17)22(28)26-18-12-6-7-13-20(18)30-23(29)19(26)14-21(27)25-15-8-2-1-3-9-15/h1-13,19H,14H2,(H,25,27)/t19-/m0/s1. The molecule has 0 saturated carbocycles. The average Bonchev–Trinajstić information content (AvgIpc) is 2.75. The van der Waals surface area contributed by atoms with Gasteiger partial charge in [-0.1, -0.05) is 54.1 Å². The van der Waals surface area contributed by atoms with Crippen LogP contribution in [0.15, 0.2) is 78.9 Å². The van der Waals surface area contributed by atoms with Gasteiger partial charge in [0.05, 0.1) is 22.7 Å². The monoisotopic (exact) mass is 420 g/mol. The first kappa shape index (κ1) is 19.7. The highest BCUT2D eigenvalue weighted by molar-refractivity contribution is 6.34. The van der Waals surface area contributed by atoms with E-state index in [0.717, 1.165) is 0 Å². The molecule has 6 nitrogen and oxygen atoms in total. The van der Waals surface area contributed by atoms with Crippen LogP contribution in [0, 0.1) is 0 Å². The largest absolute Gasteiger partial charge is 0.423 e. The van der Waals surface area contributed by atoms with Gasteiger partial charge in [-0.2, -0.15) is 0 Å². The highest BCUT2D eigenvalue weighted by Crippen LogP contribution is 2.37. The number of carbonyl (C=O) groups excluding carboxylic acids is 3. The number of anilines is 2. The Hall–Kier alpha value is -3.64. The fraction of sp³-hybridized carbons (Fsp3) is 0.0870. The Labute approximate surface area is 178 Å². The number of ether oxygens (including phenoxy) is 1. The number of fused-ring (bicyclic) bond motifs is 1. The second kappa shape index (κ2) is 8.39. The zero-order valence-corrected chi connectivity index (χ0v) is 16.5. The van der Waals surface area contributed by atoms with Crippen LogP contribution in [0.25, 0.3) is 0 Å². The molecule has 150 valence electrons. The van der Waals surface area contributed by atoms with E-state index >= 15 is 0 Å². The molecule has 1 aliphatic heterocycles. The molecule has 0 saturated heterocycles. The highest BCUT2D eigenvalue weighted by Gasteiger charge is 2.40. The van der Waals surface area contributed by atoms with Crippen molar-refractivity contribution in [1.29, 1.82) is 0 Å². The molecule has 1 aliphatic rings. The van der Waals surface area contributed by atoms with Crippen molar-refractivity contribution in [3.8, 4) is 5.75 Å². The second-order valence-electron chi connectivity index (χ2n) is 6.68. The van der Waals surface area contributed by atoms with E-state index in [1.807, 2.05) is 6.07 Å². The molecule has 0 bridgehead atoms. The summed E-state index contributed by atoms with van der Waals surface area (Å²) in [5.41, 5.74) is 1.23. The number of esters is 1. The molecule has 30 heavy (non-hydrogen) atoms. The third kappa shape index (κ3) is 3.90. The van der Waals surface area contributed by atoms with Gasteiger partial charge in [-0.05, 0) is 36.4 Å². The lowest BCUT2D eigenvalue weighted by Crippen LogP contribution is -2.51. The van der Waals surface area contributed by atoms with Gasteiger partial charge in [-0.3, -0.25) is 14.5 Å². The molecule has 7 heteroatoms. The third-order valence-corrected chi connectivity index (χ3v) is 5.01. The van der Waals surface area contributed by atoms with Gasteiger partial charge in [0, 0.05) is 5.69 Å². The molecular weight excluding hydrogens is 404 g/mol. The van der Waals surface area contributed by atoms with E-state index in [4.69, 9.17) is 16.3 Å². The van der Waals surface area contributed by atoms with Crippen molar-refractivity contribution < 1.29 is 19.1 Å². The molecular formula is C23H17ClN2O4. The van der Waals surface area contributed by atoms with E-state index in [0.29, 0.717) is 11.4 Å². The molecule has 0 fully saturated rings. The Morgan fingerprint density at radius 2 is 1.60 bits per heavy atom. The molecule has 0 aliphatic carbocycles. The van der Waals surface area contributed by atoms with Crippen molar-refractivity contribution >= 4 is 40.8 Å². The molecule has 0 radical (unpaired) electrons. The number of rotatable bonds is 4. The van der Waals surface area contributed by atoms with Crippen molar-refractivity contribution in [3.05, 3.63) is 89.4 Å². The number of hydrogen-bond acceptors (Lipinski definition) is 4. The minimum Gasteiger partial charge on any atom is -0.423 e. The summed E-state index contributed by atoms with van der Waals surface area (Å²) in [7, 11) is 0. The van der Waals surface area contributed by atoms with Crippen LogP contribution in [0.3, 0.4) is 0 Å². The van der Waals surface area contributed by atoms with Gasteiger partial charge in [0.15, 0.2) is 5.75 Å². The van der Waals surface area contributed by atoms with E-state index in [2.05, 4.69) is 5.32 Å². The second-order valence-corrected chi connectivity index (χ2v) is 7.09. The fourth-order valence-electron chi connectivity index (χ4n) is 3.29. The topological polar surface area (TPSA) is 75.7 Å². The van der Waals surface area contributed by atoms with Gasteiger partial charge >= 0.3 is 5.97 Å². The van der Waals surface area contributed by atoms with E-state index < -0.39 is 23.8 Å². The van der Waals surface area contributed by atoms with E-state index in [1.54, 1.807) is 72.8 Å². The normalized spacial score (nSPS) is 15.2. The number of hydrogen-bond donors (Lipinski definition) is 1. The van der Waals surface area contributed by atoms with Crippen LogP contribution in [-0.2, 0) is 9.59 Å². The van der Waals surface area contributed by atoms with Crippen molar-refractivity contribution in [3.63, 3.8) is 0 Å². The number of benzene rings is 3. The smallest absolute Gasteiger partial charge is 0.335 e. The van der Waals surface area contributed by atoms with Crippen LogP contribution in [0.2, 0.25) is 5.02 Å². The summed E-state index contributed by atoms with van der Waals surface area (Å²) in [5.74, 6) is -1.33. The van der Waals surface area contributed by atoms with Gasteiger partial charge in [-0.25, -0.2) is 4.79 Å². The Morgan fingerprint density at radius 1 is 0.933 bits per heavy atom. The first-order valence-corrected chi connectivity index (χ1v) is 9.66. The average molecular weight is 421 g/mol. The summed E-state index contributed by atoms with van der Waals surface area (Å²) >= 11 is 6.22. The van der Waals surface area contributed by atoms with Gasteiger partial charge < -0.3 is 10.1 Å². The SMILES string of the molecule is O=C(C[C@H]1C(=O)Oc2ccccc2N1C(=O)c1ccccc1Cl)Nc1ccccc1. The zero-order valence-electron chi connectivity index (χ0n) is 15.7. The summed E-state index contributed by atoms with van der Waals surface area (Å²) in [5, 5.41) is 2.99. The molecule has 1 heterocycles. The zero-order chi connectivity index (χ0) is 21.1. The fourth-order valence-corrected chi connectivity index (χ4v) is 3.51. The van der Waals surface area contributed by atoms with Crippen LogP contribution in [0.5, 0.6) is 5.75 Å². The van der Waals surface area contributed by atoms with Gasteiger partial charge in [0.2, 0.25) is 5.91 Å². The molecule has 3 aromatic carbocycles. The quantitative estimate of drug-likeness (QED) is 0.504. The van der Waals surface area contributed by atoms with Crippen LogP contribution in [0.1, 0.15) is 16.8 Å². The number of amides is 2. The number of para-hydroxylation sites is 3. The van der Waals surface area contributed by atoms with Gasteiger partial charge in [0.25, 0.3) is 5.91 Å². The van der Waals surface area contributed by atoms with Crippen LogP contribution >= 0.6 is 11.6 Å². The molecule has 4 rings (SSSR count). The highest BCUT2D eigenvalue weighted by atomic mass is 35.5. The summed E-state index contributed by atoms with van der Waals surface area (Å²) in [6.07, 6.45) is -0.266. The van der Waals surface area contributed by atoms with Gasteiger partial charge in [0.1, 0.15) is 6.04 Å².